The molecule has 5 nitrogen and oxygen atoms in total. The first kappa shape index (κ1) is 17.7. The quantitative estimate of drug-likeness (QED) is 0.894. The number of hydrogen-bond donors (Lipinski definition) is 1. The van der Waals surface area contributed by atoms with Crippen LogP contribution < -0.4 is 5.32 Å². The van der Waals surface area contributed by atoms with Crippen LogP contribution in [0.1, 0.15) is 48.0 Å². The molecule has 1 heterocycles. The number of aryl methyl sites for hydroxylation is 1. The molecule has 3 amide bonds. The number of carbonyl (C=O) groups excluding carboxylic acids is 2. The normalized spacial score (nSPS) is 19.0. The van der Waals surface area contributed by atoms with Gasteiger partial charge in [0.25, 0.3) is 5.91 Å². The standard InChI is InChI=1S/C19H26FN3O2/c1-14-6-5-9-16(17(14)20)18(24)22-10-12-23(13-11-22)19(25)21-15-7-3-2-4-8-15/h5-6,9,15H,2-4,7-8,10-13H2,1H3,(H,21,25). The van der Waals surface area contributed by atoms with Crippen LogP contribution in [0.25, 0.3) is 0 Å². The van der Waals surface area contributed by atoms with Crippen molar-refractivity contribution in [2.75, 3.05) is 26.2 Å². The lowest BCUT2D eigenvalue weighted by Crippen LogP contribution is -2.54. The van der Waals surface area contributed by atoms with Gasteiger partial charge in [-0.2, -0.15) is 0 Å². The molecule has 1 aromatic carbocycles. The molecule has 1 aliphatic carbocycles. The Labute approximate surface area is 148 Å². The molecule has 0 radical (unpaired) electrons. The lowest BCUT2D eigenvalue weighted by molar-refractivity contribution is 0.0657. The van der Waals surface area contributed by atoms with E-state index in [4.69, 9.17) is 0 Å². The van der Waals surface area contributed by atoms with Crippen molar-refractivity contribution in [3.8, 4) is 0 Å². The molecule has 25 heavy (non-hydrogen) atoms. The molecule has 3 rings (SSSR count). The topological polar surface area (TPSA) is 52.7 Å². The molecular formula is C19H26FN3O2. The van der Waals surface area contributed by atoms with E-state index in [1.54, 1.807) is 28.9 Å². The molecule has 1 aliphatic heterocycles. The zero-order valence-electron chi connectivity index (χ0n) is 14.8. The Morgan fingerprint density at radius 2 is 1.68 bits per heavy atom. The van der Waals surface area contributed by atoms with E-state index in [1.807, 2.05) is 0 Å². The average Bonchev–Trinajstić information content (AvgIpc) is 2.64. The molecule has 0 bridgehead atoms. The van der Waals surface area contributed by atoms with Gasteiger partial charge in [0.05, 0.1) is 5.56 Å². The lowest BCUT2D eigenvalue weighted by Gasteiger charge is -2.36. The second kappa shape index (κ2) is 7.85. The molecular weight excluding hydrogens is 321 g/mol. The maximum absolute atomic E-state index is 14.2. The van der Waals surface area contributed by atoms with Crippen molar-refractivity contribution in [2.45, 2.75) is 45.1 Å². The minimum absolute atomic E-state index is 0.0410. The minimum Gasteiger partial charge on any atom is -0.335 e. The van der Waals surface area contributed by atoms with Gasteiger partial charge in [0.2, 0.25) is 0 Å². The SMILES string of the molecule is Cc1cccc(C(=O)N2CCN(C(=O)NC3CCCCC3)CC2)c1F. The van der Waals surface area contributed by atoms with Crippen LogP contribution in [0.2, 0.25) is 0 Å². The summed E-state index contributed by atoms with van der Waals surface area (Å²) in [6, 6.07) is 5.11. The van der Waals surface area contributed by atoms with Gasteiger partial charge in [0.15, 0.2) is 0 Å². The van der Waals surface area contributed by atoms with Crippen LogP contribution in [0.4, 0.5) is 9.18 Å². The zero-order chi connectivity index (χ0) is 17.8. The first-order chi connectivity index (χ1) is 12.1. The van der Waals surface area contributed by atoms with Gasteiger partial charge in [-0.1, -0.05) is 31.4 Å². The Bertz CT molecular complexity index is 636. The molecule has 6 heteroatoms. The average molecular weight is 347 g/mol. The van der Waals surface area contributed by atoms with Gasteiger partial charge in [0.1, 0.15) is 5.82 Å². The smallest absolute Gasteiger partial charge is 0.317 e. The second-order valence-electron chi connectivity index (χ2n) is 7.00. The summed E-state index contributed by atoms with van der Waals surface area (Å²) in [5, 5.41) is 3.10. The molecule has 0 spiro atoms. The number of urea groups is 1. The largest absolute Gasteiger partial charge is 0.335 e. The fraction of sp³-hybridized carbons (Fsp3) is 0.579. The summed E-state index contributed by atoms with van der Waals surface area (Å²) in [6.07, 6.45) is 5.71. The van der Waals surface area contributed by atoms with Crippen molar-refractivity contribution in [3.05, 3.63) is 35.1 Å². The number of amides is 3. The lowest BCUT2D eigenvalue weighted by atomic mass is 9.96. The van der Waals surface area contributed by atoms with Crippen molar-refractivity contribution >= 4 is 11.9 Å². The van der Waals surface area contributed by atoms with Gasteiger partial charge in [-0.3, -0.25) is 4.79 Å². The number of benzene rings is 1. The van der Waals surface area contributed by atoms with Crippen molar-refractivity contribution in [2.24, 2.45) is 0 Å². The van der Waals surface area contributed by atoms with Crippen LogP contribution in [0.15, 0.2) is 18.2 Å². The van der Waals surface area contributed by atoms with Crippen LogP contribution in [0.3, 0.4) is 0 Å². The van der Waals surface area contributed by atoms with Gasteiger partial charge < -0.3 is 15.1 Å². The van der Waals surface area contributed by atoms with E-state index in [9.17, 15) is 14.0 Å². The number of nitrogens with zero attached hydrogens (tertiary/aromatic N) is 2. The van der Waals surface area contributed by atoms with Gasteiger partial charge in [0, 0.05) is 32.2 Å². The summed E-state index contributed by atoms with van der Waals surface area (Å²) in [5.74, 6) is -0.751. The Hall–Kier alpha value is -2.11. The van der Waals surface area contributed by atoms with Crippen LogP contribution in [0.5, 0.6) is 0 Å². The Balaban J connectivity index is 1.53. The number of piperazine rings is 1. The van der Waals surface area contributed by atoms with Gasteiger partial charge in [-0.25, -0.2) is 9.18 Å². The first-order valence-corrected chi connectivity index (χ1v) is 9.16. The van der Waals surface area contributed by atoms with E-state index >= 15 is 0 Å². The third kappa shape index (κ3) is 4.11. The molecule has 1 saturated carbocycles. The Morgan fingerprint density at radius 1 is 1.04 bits per heavy atom. The summed E-state index contributed by atoms with van der Waals surface area (Å²) in [7, 11) is 0. The van der Waals surface area contributed by atoms with E-state index in [0.717, 1.165) is 12.8 Å². The molecule has 2 fully saturated rings. The van der Waals surface area contributed by atoms with Crippen LogP contribution in [-0.2, 0) is 0 Å². The van der Waals surface area contributed by atoms with E-state index in [-0.39, 0.29) is 23.5 Å². The van der Waals surface area contributed by atoms with Crippen molar-refractivity contribution in [1.82, 2.24) is 15.1 Å². The number of hydrogen-bond acceptors (Lipinski definition) is 2. The second-order valence-corrected chi connectivity index (χ2v) is 7.00. The van der Waals surface area contributed by atoms with E-state index < -0.39 is 5.82 Å². The highest BCUT2D eigenvalue weighted by Crippen LogP contribution is 2.18. The van der Waals surface area contributed by atoms with Crippen molar-refractivity contribution in [3.63, 3.8) is 0 Å². The highest BCUT2D eigenvalue weighted by atomic mass is 19.1. The molecule has 0 aromatic heterocycles. The highest BCUT2D eigenvalue weighted by molar-refractivity contribution is 5.95. The highest BCUT2D eigenvalue weighted by Gasteiger charge is 2.27. The molecule has 2 aliphatic rings. The number of rotatable bonds is 2. The summed E-state index contributed by atoms with van der Waals surface area (Å²) in [6.45, 7) is 3.49. The van der Waals surface area contributed by atoms with E-state index in [1.165, 1.54) is 25.3 Å². The predicted molar refractivity (Wildman–Crippen MR) is 94.0 cm³/mol. The maximum Gasteiger partial charge on any atom is 0.317 e. The van der Waals surface area contributed by atoms with E-state index in [0.29, 0.717) is 31.7 Å². The van der Waals surface area contributed by atoms with Gasteiger partial charge in [-0.05, 0) is 31.4 Å². The van der Waals surface area contributed by atoms with Crippen LogP contribution >= 0.6 is 0 Å². The van der Waals surface area contributed by atoms with Crippen molar-refractivity contribution in [1.29, 1.82) is 0 Å². The molecule has 0 atom stereocenters. The van der Waals surface area contributed by atoms with E-state index in [2.05, 4.69) is 5.32 Å². The Morgan fingerprint density at radius 3 is 2.36 bits per heavy atom. The molecule has 1 N–H and O–H groups in total. The zero-order valence-corrected chi connectivity index (χ0v) is 14.8. The van der Waals surface area contributed by atoms with Crippen molar-refractivity contribution < 1.29 is 14.0 Å². The molecule has 1 saturated heterocycles. The fourth-order valence-corrected chi connectivity index (χ4v) is 3.61. The summed E-state index contributed by atoms with van der Waals surface area (Å²) in [4.78, 5) is 28.3. The summed E-state index contributed by atoms with van der Waals surface area (Å²) < 4.78 is 14.2. The van der Waals surface area contributed by atoms with Crippen LogP contribution in [-0.4, -0.2) is 54.0 Å². The monoisotopic (exact) mass is 347 g/mol. The third-order valence-corrected chi connectivity index (χ3v) is 5.21. The number of nitrogens with one attached hydrogen (secondary N) is 1. The molecule has 0 unspecified atom stereocenters. The minimum atomic E-state index is -0.454. The Kier molecular flexibility index (Phi) is 5.56. The molecule has 136 valence electrons. The molecule has 1 aromatic rings. The van der Waals surface area contributed by atoms with Crippen LogP contribution in [0, 0.1) is 12.7 Å². The third-order valence-electron chi connectivity index (χ3n) is 5.21. The summed E-state index contributed by atoms with van der Waals surface area (Å²) >= 11 is 0. The predicted octanol–water partition coefficient (Wildman–Crippen LogP) is 2.93. The number of halogens is 1. The fourth-order valence-electron chi connectivity index (χ4n) is 3.61. The number of carbonyl (C=O) groups is 2. The summed E-state index contributed by atoms with van der Waals surface area (Å²) in [5.41, 5.74) is 0.580. The first-order valence-electron chi connectivity index (χ1n) is 9.16. The van der Waals surface area contributed by atoms with Gasteiger partial charge >= 0.3 is 6.03 Å². The van der Waals surface area contributed by atoms with Gasteiger partial charge in [-0.15, -0.1) is 0 Å². The maximum atomic E-state index is 14.2.